The van der Waals surface area contributed by atoms with Gasteiger partial charge in [0.2, 0.25) is 0 Å². The Balaban J connectivity index is 1.45. The zero-order valence-corrected chi connectivity index (χ0v) is 25.3. The maximum Gasteiger partial charge on any atom is 0.167 e. The molecule has 2 nitrogen and oxygen atoms in total. The lowest BCUT2D eigenvalue weighted by molar-refractivity contribution is 0.0917. The van der Waals surface area contributed by atoms with Crippen LogP contribution >= 0.6 is 0 Å². The van der Waals surface area contributed by atoms with Crippen molar-refractivity contribution < 1.29 is 9.59 Å². The van der Waals surface area contributed by atoms with Gasteiger partial charge in [0.25, 0.3) is 0 Å². The van der Waals surface area contributed by atoms with E-state index < -0.39 is 21.7 Å². The molecular formula is C44H32O2. The van der Waals surface area contributed by atoms with E-state index in [4.69, 9.17) is 0 Å². The van der Waals surface area contributed by atoms with E-state index in [0.29, 0.717) is 11.1 Å². The van der Waals surface area contributed by atoms with Crippen molar-refractivity contribution in [1.29, 1.82) is 0 Å². The van der Waals surface area contributed by atoms with Crippen molar-refractivity contribution in [2.75, 3.05) is 0 Å². The lowest BCUT2D eigenvalue weighted by Crippen LogP contribution is -2.56. The first-order valence-corrected chi connectivity index (χ1v) is 16.1. The van der Waals surface area contributed by atoms with E-state index in [2.05, 4.69) is 97.1 Å². The van der Waals surface area contributed by atoms with E-state index >= 15 is 9.59 Å². The molecule has 0 aliphatic heterocycles. The molecule has 0 radical (unpaired) electrons. The maximum atomic E-state index is 15.2. The molecule has 0 unspecified atom stereocenters. The van der Waals surface area contributed by atoms with Gasteiger partial charge in [0.1, 0.15) is 0 Å². The molecule has 0 heterocycles. The summed E-state index contributed by atoms with van der Waals surface area (Å²) in [7, 11) is 0. The van der Waals surface area contributed by atoms with Crippen molar-refractivity contribution in [3.63, 3.8) is 0 Å². The molecule has 46 heavy (non-hydrogen) atoms. The normalized spacial score (nSPS) is 29.8. The van der Waals surface area contributed by atoms with Gasteiger partial charge in [-0.1, -0.05) is 182 Å². The van der Waals surface area contributed by atoms with Gasteiger partial charge in [-0.25, -0.2) is 0 Å². The van der Waals surface area contributed by atoms with Gasteiger partial charge in [0.05, 0.1) is 0 Å². The van der Waals surface area contributed by atoms with Crippen LogP contribution in [0.4, 0.5) is 0 Å². The lowest BCUT2D eigenvalue weighted by atomic mass is 9.49. The molecule has 0 saturated heterocycles. The molecule has 3 saturated carbocycles. The summed E-state index contributed by atoms with van der Waals surface area (Å²) >= 11 is 0. The Morgan fingerprint density at radius 1 is 0.304 bits per heavy atom. The first-order chi connectivity index (χ1) is 22.7. The second kappa shape index (κ2) is 9.58. The smallest absolute Gasteiger partial charge is 0.167 e. The first kappa shape index (κ1) is 27.0. The fraction of sp³-hybridized carbons (Fsp3) is 0.136. The summed E-state index contributed by atoms with van der Waals surface area (Å²) < 4.78 is 0. The second-order valence-corrected chi connectivity index (χ2v) is 13.0. The summed E-state index contributed by atoms with van der Waals surface area (Å²) in [4.78, 5) is 30.4. The van der Waals surface area contributed by atoms with Crippen LogP contribution in [0.25, 0.3) is 0 Å². The van der Waals surface area contributed by atoms with Crippen LogP contribution in [0.1, 0.15) is 43.0 Å². The van der Waals surface area contributed by atoms with Crippen molar-refractivity contribution in [3.05, 3.63) is 215 Å². The summed E-state index contributed by atoms with van der Waals surface area (Å²) in [5.74, 6) is -0.492. The summed E-state index contributed by atoms with van der Waals surface area (Å²) in [6.45, 7) is 0. The number of rotatable bonds is 8. The SMILES string of the molecule is O=C(c1ccccc1)C1C2(c3ccccc3)C1(c1ccccc1)C1(c3ccccc3)C(C(=O)c3ccccc3)C21c1ccccc1. The highest BCUT2D eigenvalue weighted by atomic mass is 16.1. The van der Waals surface area contributed by atoms with Crippen molar-refractivity contribution in [2.24, 2.45) is 11.8 Å². The molecule has 3 fully saturated rings. The van der Waals surface area contributed by atoms with Crippen molar-refractivity contribution in [1.82, 2.24) is 0 Å². The number of Topliss-reactive ketones (excluding diaryl/α,β-unsaturated/α-hetero) is 2. The molecule has 3 aliphatic carbocycles. The van der Waals surface area contributed by atoms with E-state index in [1.807, 2.05) is 84.9 Å². The molecule has 2 heteroatoms. The Hall–Kier alpha value is -5.34. The fourth-order valence-electron chi connectivity index (χ4n) is 10.7. The minimum Gasteiger partial charge on any atom is -0.294 e. The van der Waals surface area contributed by atoms with Crippen LogP contribution < -0.4 is 0 Å². The molecule has 0 N–H and O–H groups in total. The van der Waals surface area contributed by atoms with Gasteiger partial charge >= 0.3 is 0 Å². The predicted octanol–water partition coefficient (Wildman–Crippen LogP) is 8.78. The molecule has 9 rings (SSSR count). The van der Waals surface area contributed by atoms with E-state index in [1.54, 1.807) is 0 Å². The number of benzene rings is 6. The topological polar surface area (TPSA) is 34.1 Å². The van der Waals surface area contributed by atoms with Crippen LogP contribution in [0.3, 0.4) is 0 Å². The maximum absolute atomic E-state index is 15.2. The lowest BCUT2D eigenvalue weighted by Gasteiger charge is -2.51. The van der Waals surface area contributed by atoms with E-state index in [-0.39, 0.29) is 23.4 Å². The fourth-order valence-corrected chi connectivity index (χ4v) is 10.7. The van der Waals surface area contributed by atoms with Crippen LogP contribution in [-0.2, 0) is 21.7 Å². The largest absolute Gasteiger partial charge is 0.294 e. The van der Waals surface area contributed by atoms with Gasteiger partial charge in [0.15, 0.2) is 11.6 Å². The monoisotopic (exact) mass is 592 g/mol. The van der Waals surface area contributed by atoms with Crippen LogP contribution in [0.2, 0.25) is 0 Å². The van der Waals surface area contributed by atoms with E-state index in [1.165, 1.54) is 0 Å². The molecule has 0 aromatic heterocycles. The third-order valence-corrected chi connectivity index (χ3v) is 11.6. The minimum absolute atomic E-state index is 0.136. The van der Waals surface area contributed by atoms with Gasteiger partial charge in [0, 0.05) is 44.6 Å². The third-order valence-electron chi connectivity index (χ3n) is 11.6. The third kappa shape index (κ3) is 2.85. The van der Waals surface area contributed by atoms with Crippen LogP contribution in [0.15, 0.2) is 182 Å². The Morgan fingerprint density at radius 3 is 0.717 bits per heavy atom. The molecule has 0 spiro atoms. The quantitative estimate of drug-likeness (QED) is 0.166. The molecule has 6 aromatic carbocycles. The van der Waals surface area contributed by atoms with Gasteiger partial charge in [-0.3, -0.25) is 9.59 Å². The highest BCUT2D eigenvalue weighted by Gasteiger charge is 3.15. The molecule has 3 aliphatic rings. The Morgan fingerprint density at radius 2 is 0.500 bits per heavy atom. The van der Waals surface area contributed by atoms with Crippen molar-refractivity contribution in [2.45, 2.75) is 21.7 Å². The van der Waals surface area contributed by atoms with Gasteiger partial charge in [-0.2, -0.15) is 0 Å². The molecule has 6 aromatic rings. The summed E-state index contributed by atoms with van der Waals surface area (Å²) in [5, 5.41) is 0. The Bertz CT molecular complexity index is 1810. The summed E-state index contributed by atoms with van der Waals surface area (Å²) in [5.41, 5.74) is 3.24. The van der Waals surface area contributed by atoms with Crippen LogP contribution in [-0.4, -0.2) is 11.6 Å². The molecule has 220 valence electrons. The van der Waals surface area contributed by atoms with Crippen LogP contribution in [0.5, 0.6) is 0 Å². The Labute approximate surface area is 269 Å². The number of fused-ring (bicyclic) bond motifs is 4. The van der Waals surface area contributed by atoms with Crippen molar-refractivity contribution in [3.8, 4) is 0 Å². The van der Waals surface area contributed by atoms with Gasteiger partial charge in [-0.15, -0.1) is 0 Å². The zero-order chi connectivity index (χ0) is 31.0. The number of carbonyl (C=O) groups is 2. The van der Waals surface area contributed by atoms with Crippen molar-refractivity contribution >= 4 is 11.6 Å². The first-order valence-electron chi connectivity index (χ1n) is 16.1. The van der Waals surface area contributed by atoms with Gasteiger partial charge in [-0.05, 0) is 22.3 Å². The van der Waals surface area contributed by atoms with E-state index in [0.717, 1.165) is 22.3 Å². The Kier molecular flexibility index (Phi) is 5.63. The highest BCUT2D eigenvalue weighted by Crippen LogP contribution is 3.07. The number of hydrogen-bond donors (Lipinski definition) is 0. The number of ketones is 2. The van der Waals surface area contributed by atoms with Gasteiger partial charge < -0.3 is 0 Å². The number of hydrogen-bond acceptors (Lipinski definition) is 2. The standard InChI is InChI=1S/C44H32O2/c45-37(31-19-7-1-8-20-31)39-41(33-23-11-3-12-24-33)42(39,34-25-13-4-14-26-34)44(36-29-17-6-18-30-36)40(38(46)32-21-9-2-10-22-32)43(41,44)35-27-15-5-16-28-35/h1-30,39-40H. The zero-order valence-electron chi connectivity index (χ0n) is 25.3. The molecule has 0 amide bonds. The van der Waals surface area contributed by atoms with E-state index in [9.17, 15) is 0 Å². The summed E-state index contributed by atoms with van der Waals surface area (Å²) in [6.07, 6.45) is 0. The second-order valence-electron chi connectivity index (χ2n) is 13.0. The molecular weight excluding hydrogens is 560 g/mol. The summed E-state index contributed by atoms with van der Waals surface area (Å²) in [6, 6.07) is 61.9. The average molecular weight is 593 g/mol. The minimum atomic E-state index is -0.665. The van der Waals surface area contributed by atoms with Crippen LogP contribution in [0, 0.1) is 11.8 Å². The molecule has 0 atom stereocenters. The highest BCUT2D eigenvalue weighted by molar-refractivity contribution is 6.14. The number of carbonyl (C=O) groups excluding carboxylic acids is 2. The predicted molar refractivity (Wildman–Crippen MR) is 181 cm³/mol. The molecule has 0 bridgehead atoms. The average Bonchev–Trinajstić information content (AvgIpc) is 3.96.